The maximum atomic E-state index is 12.7. The van der Waals surface area contributed by atoms with Crippen LogP contribution >= 0.6 is 0 Å². The minimum atomic E-state index is -0.582. The SMILES string of the molecule is CCOC(=O)C1=C(C)OC(N)=C(C#N)C1c1ccccc1CN1CCCC1. The first-order valence-corrected chi connectivity index (χ1v) is 9.32. The second-order valence-corrected chi connectivity index (χ2v) is 6.80. The number of hydrogen-bond donors (Lipinski definition) is 1. The molecule has 0 amide bonds. The maximum absolute atomic E-state index is 12.7. The van der Waals surface area contributed by atoms with E-state index in [2.05, 4.69) is 11.0 Å². The Bertz CT molecular complexity index is 829. The van der Waals surface area contributed by atoms with Crippen LogP contribution in [0, 0.1) is 11.3 Å². The van der Waals surface area contributed by atoms with Crippen molar-refractivity contribution in [3.63, 3.8) is 0 Å². The van der Waals surface area contributed by atoms with Crippen LogP contribution < -0.4 is 5.73 Å². The van der Waals surface area contributed by atoms with Crippen molar-refractivity contribution < 1.29 is 14.3 Å². The number of hydrogen-bond acceptors (Lipinski definition) is 6. The Hall–Kier alpha value is -2.78. The van der Waals surface area contributed by atoms with E-state index in [-0.39, 0.29) is 18.1 Å². The number of nitrogens with two attached hydrogens (primary N) is 1. The summed E-state index contributed by atoms with van der Waals surface area (Å²) in [7, 11) is 0. The van der Waals surface area contributed by atoms with Gasteiger partial charge < -0.3 is 15.2 Å². The number of benzene rings is 1. The van der Waals surface area contributed by atoms with Crippen LogP contribution in [0.3, 0.4) is 0 Å². The first kappa shape index (κ1) is 19.0. The van der Waals surface area contributed by atoms with Crippen LogP contribution in [0.15, 0.2) is 47.1 Å². The summed E-state index contributed by atoms with van der Waals surface area (Å²) < 4.78 is 10.7. The molecule has 6 heteroatoms. The summed E-state index contributed by atoms with van der Waals surface area (Å²) in [5.74, 6) is -0.632. The Balaban J connectivity index is 2.08. The number of carbonyl (C=O) groups is 1. The van der Waals surface area contributed by atoms with Gasteiger partial charge in [0.25, 0.3) is 0 Å². The standard InChI is InChI=1S/C21H25N3O3/c1-3-26-21(25)18-14(2)27-20(23)17(12-22)19(18)16-9-5-4-8-15(16)13-24-10-6-7-11-24/h4-5,8-9,19H,3,6-7,10-11,13,23H2,1-2H3. The summed E-state index contributed by atoms with van der Waals surface area (Å²) in [5.41, 5.74) is 8.57. The van der Waals surface area contributed by atoms with Crippen molar-refractivity contribution in [3.05, 3.63) is 58.2 Å². The Kier molecular flexibility index (Phi) is 5.82. The summed E-state index contributed by atoms with van der Waals surface area (Å²) in [6.07, 6.45) is 2.39. The third-order valence-electron chi connectivity index (χ3n) is 5.06. The highest BCUT2D eigenvalue weighted by atomic mass is 16.5. The lowest BCUT2D eigenvalue weighted by molar-refractivity contribution is -0.139. The van der Waals surface area contributed by atoms with Crippen LogP contribution in [-0.2, 0) is 20.8 Å². The molecule has 1 atom stereocenters. The van der Waals surface area contributed by atoms with Gasteiger partial charge in [-0.25, -0.2) is 4.79 Å². The number of nitriles is 1. The molecular formula is C21H25N3O3. The zero-order valence-corrected chi connectivity index (χ0v) is 15.8. The number of ether oxygens (including phenoxy) is 2. The molecule has 0 radical (unpaired) electrons. The van der Waals surface area contributed by atoms with Gasteiger partial charge in [-0.15, -0.1) is 0 Å². The molecule has 0 spiro atoms. The van der Waals surface area contributed by atoms with Gasteiger partial charge in [-0.05, 0) is 50.9 Å². The monoisotopic (exact) mass is 367 g/mol. The summed E-state index contributed by atoms with van der Waals surface area (Å²) in [6, 6.07) is 10.0. The minimum Gasteiger partial charge on any atom is -0.463 e. The average molecular weight is 367 g/mol. The van der Waals surface area contributed by atoms with Crippen molar-refractivity contribution in [2.75, 3.05) is 19.7 Å². The summed E-state index contributed by atoms with van der Waals surface area (Å²) in [5, 5.41) is 9.73. The molecule has 2 heterocycles. The Labute approximate surface area is 159 Å². The molecule has 2 N–H and O–H groups in total. The minimum absolute atomic E-state index is 0.0454. The lowest BCUT2D eigenvalue weighted by atomic mass is 9.81. The lowest BCUT2D eigenvalue weighted by Crippen LogP contribution is -2.27. The van der Waals surface area contributed by atoms with Gasteiger partial charge in [0, 0.05) is 6.54 Å². The van der Waals surface area contributed by atoms with Crippen molar-refractivity contribution >= 4 is 5.97 Å². The molecule has 1 aromatic carbocycles. The van der Waals surface area contributed by atoms with E-state index in [0.717, 1.165) is 30.8 Å². The number of rotatable bonds is 5. The smallest absolute Gasteiger partial charge is 0.338 e. The summed E-state index contributed by atoms with van der Waals surface area (Å²) >= 11 is 0. The van der Waals surface area contributed by atoms with Crippen LogP contribution in [0.1, 0.15) is 43.7 Å². The first-order chi connectivity index (χ1) is 13.1. The van der Waals surface area contributed by atoms with Gasteiger partial charge in [0.05, 0.1) is 18.1 Å². The predicted molar refractivity (Wildman–Crippen MR) is 101 cm³/mol. The molecule has 3 rings (SSSR count). The van der Waals surface area contributed by atoms with Crippen molar-refractivity contribution in [2.45, 2.75) is 39.2 Å². The van der Waals surface area contributed by atoms with Crippen LogP contribution in [0.4, 0.5) is 0 Å². The van der Waals surface area contributed by atoms with Gasteiger partial charge >= 0.3 is 5.97 Å². The zero-order chi connectivity index (χ0) is 19.4. The van der Waals surface area contributed by atoms with Crippen LogP contribution in [0.25, 0.3) is 0 Å². The Morgan fingerprint density at radius 1 is 1.37 bits per heavy atom. The average Bonchev–Trinajstić information content (AvgIpc) is 3.15. The quantitative estimate of drug-likeness (QED) is 0.805. The molecular weight excluding hydrogens is 342 g/mol. The van der Waals surface area contributed by atoms with E-state index in [9.17, 15) is 10.1 Å². The van der Waals surface area contributed by atoms with Gasteiger partial charge in [0.15, 0.2) is 0 Å². The number of carbonyl (C=O) groups excluding carboxylic acids is 1. The molecule has 0 aromatic heterocycles. The topological polar surface area (TPSA) is 88.6 Å². The Morgan fingerprint density at radius 3 is 2.74 bits per heavy atom. The van der Waals surface area contributed by atoms with Crippen molar-refractivity contribution in [1.82, 2.24) is 4.90 Å². The molecule has 0 aliphatic carbocycles. The van der Waals surface area contributed by atoms with Gasteiger partial charge in [0.2, 0.25) is 5.88 Å². The third-order valence-corrected chi connectivity index (χ3v) is 5.06. The third kappa shape index (κ3) is 3.83. The largest absolute Gasteiger partial charge is 0.463 e. The highest BCUT2D eigenvalue weighted by Gasteiger charge is 2.37. The molecule has 0 bridgehead atoms. The van der Waals surface area contributed by atoms with Gasteiger partial charge in [-0.1, -0.05) is 24.3 Å². The van der Waals surface area contributed by atoms with Gasteiger partial charge in [-0.3, -0.25) is 4.90 Å². The normalized spacial score (nSPS) is 20.4. The van der Waals surface area contributed by atoms with Crippen molar-refractivity contribution in [1.29, 1.82) is 5.26 Å². The molecule has 142 valence electrons. The van der Waals surface area contributed by atoms with E-state index < -0.39 is 11.9 Å². The van der Waals surface area contributed by atoms with E-state index in [1.807, 2.05) is 24.3 Å². The molecule has 6 nitrogen and oxygen atoms in total. The first-order valence-electron chi connectivity index (χ1n) is 9.32. The number of likely N-dealkylation sites (tertiary alicyclic amines) is 1. The second-order valence-electron chi connectivity index (χ2n) is 6.80. The highest BCUT2D eigenvalue weighted by Crippen LogP contribution is 2.41. The second kappa shape index (κ2) is 8.28. The molecule has 1 unspecified atom stereocenters. The molecule has 1 aromatic rings. The fourth-order valence-corrected chi connectivity index (χ4v) is 3.81. The van der Waals surface area contributed by atoms with E-state index in [0.29, 0.717) is 11.3 Å². The number of nitrogens with zero attached hydrogens (tertiary/aromatic N) is 2. The fraction of sp³-hybridized carbons (Fsp3) is 0.429. The molecule has 0 saturated carbocycles. The zero-order valence-electron chi connectivity index (χ0n) is 15.8. The van der Waals surface area contributed by atoms with E-state index in [4.69, 9.17) is 15.2 Å². The van der Waals surface area contributed by atoms with E-state index >= 15 is 0 Å². The molecule has 1 saturated heterocycles. The summed E-state index contributed by atoms with van der Waals surface area (Å²) in [4.78, 5) is 15.1. The molecule has 2 aliphatic heterocycles. The lowest BCUT2D eigenvalue weighted by Gasteiger charge is -2.29. The molecule has 1 fully saturated rings. The number of allylic oxidation sites excluding steroid dienone is 2. The molecule has 27 heavy (non-hydrogen) atoms. The van der Waals surface area contributed by atoms with Crippen LogP contribution in [0.2, 0.25) is 0 Å². The van der Waals surface area contributed by atoms with Gasteiger partial charge in [0.1, 0.15) is 17.4 Å². The molecule has 2 aliphatic rings. The predicted octanol–water partition coefficient (Wildman–Crippen LogP) is 2.93. The van der Waals surface area contributed by atoms with Gasteiger partial charge in [-0.2, -0.15) is 5.26 Å². The van der Waals surface area contributed by atoms with E-state index in [1.54, 1.807) is 13.8 Å². The van der Waals surface area contributed by atoms with Crippen LogP contribution in [0.5, 0.6) is 0 Å². The van der Waals surface area contributed by atoms with Crippen molar-refractivity contribution in [3.8, 4) is 6.07 Å². The maximum Gasteiger partial charge on any atom is 0.338 e. The van der Waals surface area contributed by atoms with Crippen LogP contribution in [-0.4, -0.2) is 30.6 Å². The van der Waals surface area contributed by atoms with Crippen molar-refractivity contribution in [2.24, 2.45) is 5.73 Å². The highest BCUT2D eigenvalue weighted by molar-refractivity contribution is 5.92. The van der Waals surface area contributed by atoms with E-state index in [1.165, 1.54) is 12.8 Å². The Morgan fingerprint density at radius 2 is 2.07 bits per heavy atom. The number of esters is 1. The fourth-order valence-electron chi connectivity index (χ4n) is 3.81. The summed E-state index contributed by atoms with van der Waals surface area (Å²) in [6.45, 7) is 6.59.